The number of aryl methyl sites for hydroxylation is 1. The van der Waals surface area contributed by atoms with Gasteiger partial charge in [0, 0.05) is 43.8 Å². The molecule has 3 amide bonds. The molecule has 168 valence electrons. The van der Waals surface area contributed by atoms with Gasteiger partial charge in [-0.05, 0) is 68.7 Å². The summed E-state index contributed by atoms with van der Waals surface area (Å²) in [7, 11) is 1.62. The number of benzene rings is 1. The van der Waals surface area contributed by atoms with E-state index in [1.807, 2.05) is 30.0 Å². The predicted molar refractivity (Wildman–Crippen MR) is 119 cm³/mol. The fourth-order valence-electron chi connectivity index (χ4n) is 4.08. The topological polar surface area (TPSA) is 100 Å². The van der Waals surface area contributed by atoms with E-state index < -0.39 is 0 Å². The SMILES string of the molecule is COc1ccc(NC(=O)CC[C@@H]2CCCN(C(=O)CCC3=NNC(=O)CC3)C2)c(C)c1. The maximum absolute atomic E-state index is 12.6. The molecule has 0 saturated carbocycles. The lowest BCUT2D eigenvalue weighted by atomic mass is 9.93. The van der Waals surface area contributed by atoms with Crippen LogP contribution in [-0.4, -0.2) is 48.5 Å². The van der Waals surface area contributed by atoms with Crippen LogP contribution >= 0.6 is 0 Å². The number of likely N-dealkylation sites (tertiary alicyclic amines) is 1. The number of rotatable bonds is 8. The van der Waals surface area contributed by atoms with Crippen LogP contribution in [0.5, 0.6) is 5.75 Å². The Morgan fingerprint density at radius 3 is 2.84 bits per heavy atom. The lowest BCUT2D eigenvalue weighted by Crippen LogP contribution is -2.40. The van der Waals surface area contributed by atoms with Crippen molar-refractivity contribution in [1.82, 2.24) is 10.3 Å². The van der Waals surface area contributed by atoms with Crippen molar-refractivity contribution in [1.29, 1.82) is 0 Å². The smallest absolute Gasteiger partial charge is 0.240 e. The van der Waals surface area contributed by atoms with Gasteiger partial charge < -0.3 is 15.0 Å². The summed E-state index contributed by atoms with van der Waals surface area (Å²) >= 11 is 0. The van der Waals surface area contributed by atoms with E-state index in [-0.39, 0.29) is 17.7 Å². The molecule has 1 fully saturated rings. The largest absolute Gasteiger partial charge is 0.497 e. The van der Waals surface area contributed by atoms with Gasteiger partial charge >= 0.3 is 0 Å². The van der Waals surface area contributed by atoms with Crippen LogP contribution in [0.2, 0.25) is 0 Å². The number of carbonyl (C=O) groups excluding carboxylic acids is 3. The summed E-state index contributed by atoms with van der Waals surface area (Å²) < 4.78 is 5.20. The van der Waals surface area contributed by atoms with Gasteiger partial charge in [-0.25, -0.2) is 5.43 Å². The van der Waals surface area contributed by atoms with Crippen molar-refractivity contribution >= 4 is 29.1 Å². The minimum atomic E-state index is -0.0693. The van der Waals surface area contributed by atoms with Gasteiger partial charge in [-0.3, -0.25) is 14.4 Å². The van der Waals surface area contributed by atoms with Crippen LogP contribution in [0, 0.1) is 12.8 Å². The van der Waals surface area contributed by atoms with Crippen LogP contribution in [0.15, 0.2) is 23.3 Å². The lowest BCUT2D eigenvalue weighted by molar-refractivity contribution is -0.132. The Hall–Kier alpha value is -2.90. The Kier molecular flexibility index (Phi) is 8.03. The molecule has 0 bridgehead atoms. The van der Waals surface area contributed by atoms with Crippen LogP contribution < -0.4 is 15.5 Å². The van der Waals surface area contributed by atoms with Gasteiger partial charge in [0.2, 0.25) is 17.7 Å². The lowest BCUT2D eigenvalue weighted by Gasteiger charge is -2.33. The van der Waals surface area contributed by atoms with E-state index >= 15 is 0 Å². The van der Waals surface area contributed by atoms with Gasteiger partial charge in [-0.1, -0.05) is 0 Å². The molecule has 2 heterocycles. The van der Waals surface area contributed by atoms with Crippen LogP contribution in [0.4, 0.5) is 5.69 Å². The summed E-state index contributed by atoms with van der Waals surface area (Å²) in [5, 5.41) is 7.01. The second-order valence-corrected chi connectivity index (χ2v) is 8.33. The normalized spacial score (nSPS) is 18.8. The molecule has 1 aromatic rings. The zero-order chi connectivity index (χ0) is 22.2. The number of methoxy groups -OCH3 is 1. The summed E-state index contributed by atoms with van der Waals surface area (Å²) in [6.45, 7) is 3.42. The molecule has 0 unspecified atom stereocenters. The quantitative estimate of drug-likeness (QED) is 0.665. The molecule has 1 aromatic carbocycles. The molecule has 8 heteroatoms. The van der Waals surface area contributed by atoms with E-state index in [1.54, 1.807) is 7.11 Å². The van der Waals surface area contributed by atoms with Crippen LogP contribution in [-0.2, 0) is 14.4 Å². The highest BCUT2D eigenvalue weighted by Crippen LogP contribution is 2.24. The first-order chi connectivity index (χ1) is 14.9. The molecule has 3 rings (SSSR count). The monoisotopic (exact) mass is 428 g/mol. The van der Waals surface area contributed by atoms with Crippen molar-refractivity contribution in [3.05, 3.63) is 23.8 Å². The maximum Gasteiger partial charge on any atom is 0.240 e. The Labute approximate surface area is 183 Å². The van der Waals surface area contributed by atoms with Gasteiger partial charge in [0.15, 0.2) is 0 Å². The number of hydrazone groups is 1. The number of anilines is 1. The van der Waals surface area contributed by atoms with E-state index in [1.165, 1.54) is 0 Å². The number of hydrogen-bond acceptors (Lipinski definition) is 5. The van der Waals surface area contributed by atoms with Crippen LogP contribution in [0.1, 0.15) is 56.9 Å². The van der Waals surface area contributed by atoms with Crippen molar-refractivity contribution in [2.24, 2.45) is 11.0 Å². The van der Waals surface area contributed by atoms with E-state index in [0.717, 1.165) is 48.5 Å². The molecule has 31 heavy (non-hydrogen) atoms. The van der Waals surface area contributed by atoms with Gasteiger partial charge in [0.05, 0.1) is 7.11 Å². The molecular weight excluding hydrogens is 396 g/mol. The van der Waals surface area contributed by atoms with E-state index in [4.69, 9.17) is 4.74 Å². The van der Waals surface area contributed by atoms with Gasteiger partial charge in [0.1, 0.15) is 5.75 Å². The zero-order valence-electron chi connectivity index (χ0n) is 18.4. The average Bonchev–Trinajstić information content (AvgIpc) is 2.78. The molecule has 2 aliphatic rings. The summed E-state index contributed by atoms with van der Waals surface area (Å²) in [4.78, 5) is 38.1. The minimum Gasteiger partial charge on any atom is -0.497 e. The van der Waals surface area contributed by atoms with Crippen LogP contribution in [0.3, 0.4) is 0 Å². The highest BCUT2D eigenvalue weighted by atomic mass is 16.5. The third-order valence-electron chi connectivity index (χ3n) is 5.97. The Morgan fingerprint density at radius 2 is 2.13 bits per heavy atom. The molecule has 0 spiro atoms. The first-order valence-electron chi connectivity index (χ1n) is 11.0. The van der Waals surface area contributed by atoms with Crippen LogP contribution in [0.25, 0.3) is 0 Å². The van der Waals surface area contributed by atoms with E-state index in [2.05, 4.69) is 15.8 Å². The van der Waals surface area contributed by atoms with Crippen molar-refractivity contribution < 1.29 is 19.1 Å². The predicted octanol–water partition coefficient (Wildman–Crippen LogP) is 3.01. The number of piperidine rings is 1. The number of amides is 3. The third-order valence-corrected chi connectivity index (χ3v) is 5.97. The summed E-state index contributed by atoms with van der Waals surface area (Å²) in [5.74, 6) is 1.16. The van der Waals surface area contributed by atoms with Crippen molar-refractivity contribution in [3.63, 3.8) is 0 Å². The maximum atomic E-state index is 12.6. The highest BCUT2D eigenvalue weighted by molar-refractivity contribution is 5.94. The molecule has 0 radical (unpaired) electrons. The van der Waals surface area contributed by atoms with Crippen molar-refractivity contribution in [2.75, 3.05) is 25.5 Å². The molecule has 8 nitrogen and oxygen atoms in total. The molecule has 1 saturated heterocycles. The third kappa shape index (κ3) is 6.80. The summed E-state index contributed by atoms with van der Waals surface area (Å²) in [6, 6.07) is 5.59. The highest BCUT2D eigenvalue weighted by Gasteiger charge is 2.24. The molecule has 2 N–H and O–H groups in total. The Bertz CT molecular complexity index is 852. The minimum absolute atomic E-state index is 0.00549. The van der Waals surface area contributed by atoms with Crippen molar-refractivity contribution in [2.45, 2.75) is 58.3 Å². The van der Waals surface area contributed by atoms with E-state index in [9.17, 15) is 14.4 Å². The zero-order valence-corrected chi connectivity index (χ0v) is 18.4. The standard InChI is InChI=1S/C23H32N4O4/c1-16-14-19(31-2)8-9-20(16)24-21(28)10-5-17-4-3-13-27(15-17)23(30)12-7-18-6-11-22(29)26-25-18/h8-9,14,17H,3-7,10-13,15H2,1-2H3,(H,24,28)(H,26,29)/t17-/m0/s1. The summed E-state index contributed by atoms with van der Waals surface area (Å²) in [5.41, 5.74) is 5.12. The van der Waals surface area contributed by atoms with Gasteiger partial charge in [-0.2, -0.15) is 5.10 Å². The second-order valence-electron chi connectivity index (χ2n) is 8.33. The number of nitrogens with one attached hydrogen (secondary N) is 2. The first kappa shape index (κ1) is 22.8. The molecule has 2 aliphatic heterocycles. The Balaban J connectivity index is 1.41. The van der Waals surface area contributed by atoms with Gasteiger partial charge in [-0.15, -0.1) is 0 Å². The molecule has 1 atom stereocenters. The fraction of sp³-hybridized carbons (Fsp3) is 0.565. The number of carbonyl (C=O) groups is 3. The molecule has 0 aliphatic carbocycles. The van der Waals surface area contributed by atoms with E-state index in [0.29, 0.717) is 44.6 Å². The van der Waals surface area contributed by atoms with Crippen molar-refractivity contribution in [3.8, 4) is 5.75 Å². The van der Waals surface area contributed by atoms with Gasteiger partial charge in [0.25, 0.3) is 0 Å². The Morgan fingerprint density at radius 1 is 1.29 bits per heavy atom. The number of nitrogens with zero attached hydrogens (tertiary/aromatic N) is 2. The fourth-order valence-corrected chi connectivity index (χ4v) is 4.08. The molecular formula is C23H32N4O4. The average molecular weight is 429 g/mol. The second kappa shape index (κ2) is 10.9. The summed E-state index contributed by atoms with van der Waals surface area (Å²) in [6.07, 6.45) is 5.28. The number of ether oxygens (including phenoxy) is 1. The molecule has 0 aromatic heterocycles. The first-order valence-corrected chi connectivity index (χ1v) is 11.0. The number of hydrogen-bond donors (Lipinski definition) is 2.